The number of carbonyl (C=O) groups excluding carboxylic acids is 3. The molecule has 0 radical (unpaired) electrons. The van der Waals surface area contributed by atoms with E-state index in [1.807, 2.05) is 0 Å². The highest BCUT2D eigenvalue weighted by atomic mass is 16.6. The smallest absolute Gasteiger partial charge is 0.306 e. The normalized spacial score (nSPS) is 12.0. The number of carbonyl (C=O) groups is 3. The molecule has 0 bridgehead atoms. The molecular formula is C65H124O6. The van der Waals surface area contributed by atoms with Crippen molar-refractivity contribution in [2.45, 2.75) is 374 Å². The van der Waals surface area contributed by atoms with Crippen LogP contribution in [-0.2, 0) is 28.6 Å². The van der Waals surface area contributed by atoms with Gasteiger partial charge in [0, 0.05) is 19.3 Å². The van der Waals surface area contributed by atoms with E-state index in [-0.39, 0.29) is 31.1 Å². The molecule has 420 valence electrons. The molecule has 1 unspecified atom stereocenters. The van der Waals surface area contributed by atoms with Gasteiger partial charge in [-0.15, -0.1) is 0 Å². The number of ether oxygens (including phenoxy) is 3. The van der Waals surface area contributed by atoms with Crippen LogP contribution in [0.15, 0.2) is 12.2 Å². The van der Waals surface area contributed by atoms with Crippen molar-refractivity contribution in [3.63, 3.8) is 0 Å². The lowest BCUT2D eigenvalue weighted by molar-refractivity contribution is -0.167. The summed E-state index contributed by atoms with van der Waals surface area (Å²) in [5.41, 5.74) is 0. The van der Waals surface area contributed by atoms with Crippen molar-refractivity contribution in [1.82, 2.24) is 0 Å². The van der Waals surface area contributed by atoms with E-state index in [4.69, 9.17) is 14.2 Å². The molecule has 0 saturated carbocycles. The average molecular weight is 1000 g/mol. The molecule has 1 atom stereocenters. The minimum absolute atomic E-state index is 0.0662. The fraction of sp³-hybridized carbons (Fsp3) is 0.923. The quantitative estimate of drug-likeness (QED) is 0.0261. The molecule has 6 nitrogen and oxygen atoms in total. The Balaban J connectivity index is 4.20. The van der Waals surface area contributed by atoms with Crippen molar-refractivity contribution >= 4 is 17.9 Å². The zero-order valence-corrected chi connectivity index (χ0v) is 48.3. The third-order valence-electron chi connectivity index (χ3n) is 14.8. The molecule has 0 fully saturated rings. The second-order valence-electron chi connectivity index (χ2n) is 22.0. The van der Waals surface area contributed by atoms with Crippen molar-refractivity contribution in [1.29, 1.82) is 0 Å². The summed E-state index contributed by atoms with van der Waals surface area (Å²) in [6.07, 6.45) is 70.9. The van der Waals surface area contributed by atoms with Crippen LogP contribution < -0.4 is 0 Å². The summed E-state index contributed by atoms with van der Waals surface area (Å²) in [6.45, 7) is 6.67. The summed E-state index contributed by atoms with van der Waals surface area (Å²) in [6, 6.07) is 0. The highest BCUT2D eigenvalue weighted by Gasteiger charge is 2.19. The Bertz CT molecular complexity index is 1100. The SMILES string of the molecule is CCCC/C=C\CCCCCCCC(=O)OCC(COC(=O)CCCCCCCCCCCCCCCCCCCCCCCC)OC(=O)CCCCCCCCCCCCCCCCCCCCCC. The monoisotopic (exact) mass is 1000 g/mol. The second-order valence-corrected chi connectivity index (χ2v) is 22.0. The molecule has 0 N–H and O–H groups in total. The summed E-state index contributed by atoms with van der Waals surface area (Å²) in [5.74, 6) is -0.847. The molecule has 0 aliphatic heterocycles. The molecule has 0 heterocycles. The van der Waals surface area contributed by atoms with Crippen LogP contribution in [0.4, 0.5) is 0 Å². The molecule has 0 aromatic rings. The molecule has 0 rings (SSSR count). The molecule has 71 heavy (non-hydrogen) atoms. The van der Waals surface area contributed by atoms with Crippen LogP contribution in [0.2, 0.25) is 0 Å². The third kappa shape index (κ3) is 58.9. The van der Waals surface area contributed by atoms with Crippen LogP contribution in [0.5, 0.6) is 0 Å². The topological polar surface area (TPSA) is 78.9 Å². The maximum absolute atomic E-state index is 12.9. The standard InChI is InChI=1S/C65H124O6/c1-4-7-10-13-16-19-22-24-26-28-30-32-33-35-36-38-40-43-46-49-52-55-58-64(67)70-61-62(60-69-63(66)57-54-51-48-45-42-21-18-15-12-9-6-3)71-65(68)59-56-53-50-47-44-41-39-37-34-31-29-27-25-23-20-17-14-11-8-5-2/h15,18,62H,4-14,16-17,19-61H2,1-3H3/b18-15-. The van der Waals surface area contributed by atoms with E-state index in [2.05, 4.69) is 32.9 Å². The van der Waals surface area contributed by atoms with E-state index < -0.39 is 6.10 Å². The van der Waals surface area contributed by atoms with Crippen molar-refractivity contribution in [3.8, 4) is 0 Å². The van der Waals surface area contributed by atoms with Crippen molar-refractivity contribution < 1.29 is 28.6 Å². The van der Waals surface area contributed by atoms with Crippen LogP contribution >= 0.6 is 0 Å². The predicted molar refractivity (Wildman–Crippen MR) is 307 cm³/mol. The fourth-order valence-corrected chi connectivity index (χ4v) is 9.90. The van der Waals surface area contributed by atoms with Crippen molar-refractivity contribution in [3.05, 3.63) is 12.2 Å². The van der Waals surface area contributed by atoms with E-state index in [1.54, 1.807) is 0 Å². The maximum Gasteiger partial charge on any atom is 0.306 e. The minimum atomic E-state index is -0.768. The Labute approximate surface area is 443 Å². The minimum Gasteiger partial charge on any atom is -0.462 e. The molecule has 0 spiro atoms. The van der Waals surface area contributed by atoms with E-state index in [1.165, 1.54) is 263 Å². The van der Waals surface area contributed by atoms with Gasteiger partial charge in [-0.1, -0.05) is 322 Å². The zero-order valence-electron chi connectivity index (χ0n) is 48.3. The van der Waals surface area contributed by atoms with E-state index >= 15 is 0 Å². The van der Waals surface area contributed by atoms with E-state index in [0.29, 0.717) is 19.3 Å². The maximum atomic E-state index is 12.9. The number of unbranched alkanes of at least 4 members (excludes halogenated alkanes) is 47. The third-order valence-corrected chi connectivity index (χ3v) is 14.8. The van der Waals surface area contributed by atoms with Gasteiger partial charge < -0.3 is 14.2 Å². The Hall–Kier alpha value is -1.85. The van der Waals surface area contributed by atoms with Gasteiger partial charge in [-0.25, -0.2) is 0 Å². The van der Waals surface area contributed by atoms with E-state index in [0.717, 1.165) is 64.2 Å². The summed E-state index contributed by atoms with van der Waals surface area (Å²) in [5, 5.41) is 0. The van der Waals surface area contributed by atoms with Crippen LogP contribution in [0.25, 0.3) is 0 Å². The highest BCUT2D eigenvalue weighted by Crippen LogP contribution is 2.18. The molecule has 0 amide bonds. The van der Waals surface area contributed by atoms with Gasteiger partial charge in [-0.3, -0.25) is 14.4 Å². The number of allylic oxidation sites excluding steroid dienone is 2. The molecular weight excluding hydrogens is 877 g/mol. The Morgan fingerprint density at radius 1 is 0.268 bits per heavy atom. The average Bonchev–Trinajstić information content (AvgIpc) is 3.37. The van der Waals surface area contributed by atoms with Gasteiger partial charge in [0.1, 0.15) is 13.2 Å². The van der Waals surface area contributed by atoms with E-state index in [9.17, 15) is 14.4 Å². The molecule has 0 aromatic carbocycles. The van der Waals surface area contributed by atoms with Gasteiger partial charge in [-0.2, -0.15) is 0 Å². The van der Waals surface area contributed by atoms with Gasteiger partial charge >= 0.3 is 17.9 Å². The number of hydrogen-bond acceptors (Lipinski definition) is 6. The van der Waals surface area contributed by atoms with Gasteiger partial charge in [0.25, 0.3) is 0 Å². The lowest BCUT2D eigenvalue weighted by Crippen LogP contribution is -2.30. The lowest BCUT2D eigenvalue weighted by atomic mass is 10.0. The highest BCUT2D eigenvalue weighted by molar-refractivity contribution is 5.71. The van der Waals surface area contributed by atoms with Gasteiger partial charge in [0.15, 0.2) is 6.10 Å². The first kappa shape index (κ1) is 69.2. The van der Waals surface area contributed by atoms with Gasteiger partial charge in [0.2, 0.25) is 0 Å². The molecule has 0 aliphatic carbocycles. The second kappa shape index (κ2) is 60.7. The van der Waals surface area contributed by atoms with Crippen LogP contribution in [0.1, 0.15) is 367 Å². The van der Waals surface area contributed by atoms with Crippen molar-refractivity contribution in [2.75, 3.05) is 13.2 Å². The summed E-state index contributed by atoms with van der Waals surface area (Å²) in [4.78, 5) is 38.2. The molecule has 0 saturated heterocycles. The van der Waals surface area contributed by atoms with Gasteiger partial charge in [-0.05, 0) is 38.5 Å². The number of esters is 3. The number of rotatable bonds is 60. The van der Waals surface area contributed by atoms with Gasteiger partial charge in [0.05, 0.1) is 0 Å². The molecule has 0 aromatic heterocycles. The zero-order chi connectivity index (χ0) is 51.4. The predicted octanol–water partition coefficient (Wildman–Crippen LogP) is 21.7. The van der Waals surface area contributed by atoms with Crippen LogP contribution in [0, 0.1) is 0 Å². The Morgan fingerprint density at radius 2 is 0.479 bits per heavy atom. The molecule has 6 heteroatoms. The first-order chi connectivity index (χ1) is 35.0. The Morgan fingerprint density at radius 3 is 0.746 bits per heavy atom. The largest absolute Gasteiger partial charge is 0.462 e. The first-order valence-electron chi connectivity index (χ1n) is 32.2. The van der Waals surface area contributed by atoms with Crippen LogP contribution in [-0.4, -0.2) is 37.2 Å². The summed E-state index contributed by atoms with van der Waals surface area (Å²) in [7, 11) is 0. The van der Waals surface area contributed by atoms with Crippen molar-refractivity contribution in [2.24, 2.45) is 0 Å². The van der Waals surface area contributed by atoms with Crippen LogP contribution in [0.3, 0.4) is 0 Å². The fourth-order valence-electron chi connectivity index (χ4n) is 9.90. The first-order valence-corrected chi connectivity index (χ1v) is 32.2. The molecule has 0 aliphatic rings. The number of hydrogen-bond donors (Lipinski definition) is 0. The summed E-state index contributed by atoms with van der Waals surface area (Å²) < 4.78 is 16.9. The lowest BCUT2D eigenvalue weighted by Gasteiger charge is -2.18. The summed E-state index contributed by atoms with van der Waals surface area (Å²) >= 11 is 0. The Kier molecular flexibility index (Phi) is 59.1.